The van der Waals surface area contributed by atoms with Gasteiger partial charge in [-0.1, -0.05) is 60.2 Å². The van der Waals surface area contributed by atoms with Crippen molar-refractivity contribution in [3.05, 3.63) is 89.5 Å². The minimum absolute atomic E-state index is 0.253. The zero-order chi connectivity index (χ0) is 24.0. The number of benzene rings is 3. The molecule has 0 saturated heterocycles. The molecule has 0 aliphatic rings. The number of hydrogen-bond acceptors (Lipinski definition) is 5. The van der Waals surface area contributed by atoms with Gasteiger partial charge < -0.3 is 14.8 Å². The van der Waals surface area contributed by atoms with Gasteiger partial charge >= 0.3 is 0 Å². The van der Waals surface area contributed by atoms with Crippen LogP contribution in [0.15, 0.2) is 72.8 Å². The number of rotatable bonds is 9. The summed E-state index contributed by atoms with van der Waals surface area (Å²) in [7, 11) is -0.848. The Morgan fingerprint density at radius 1 is 0.939 bits per heavy atom. The summed E-state index contributed by atoms with van der Waals surface area (Å²) in [5.41, 5.74) is 3.11. The molecule has 3 rings (SSSR count). The van der Waals surface area contributed by atoms with E-state index in [1.54, 1.807) is 18.2 Å². The Bertz CT molecular complexity index is 1210. The molecule has 7 nitrogen and oxygen atoms in total. The Balaban J connectivity index is 1.93. The fraction of sp³-hybridized carbons (Fsp3) is 0.240. The number of amides is 1. The molecule has 0 fully saturated rings. The van der Waals surface area contributed by atoms with E-state index in [1.165, 1.54) is 14.2 Å². The molecular weight excluding hydrogens is 440 g/mol. The maximum Gasteiger partial charge on any atom is 0.241 e. The summed E-state index contributed by atoms with van der Waals surface area (Å²) in [4.78, 5) is 13.2. The molecule has 3 aromatic carbocycles. The van der Waals surface area contributed by atoms with Crippen LogP contribution in [0.5, 0.6) is 11.5 Å². The molecule has 3 aromatic rings. The van der Waals surface area contributed by atoms with Crippen molar-refractivity contribution in [3.63, 3.8) is 0 Å². The first kappa shape index (κ1) is 24.1. The summed E-state index contributed by atoms with van der Waals surface area (Å²) in [6, 6.07) is 21.7. The van der Waals surface area contributed by atoms with E-state index in [9.17, 15) is 13.2 Å². The molecule has 1 N–H and O–H groups in total. The third-order valence-corrected chi connectivity index (χ3v) is 6.28. The molecule has 1 amide bonds. The van der Waals surface area contributed by atoms with Gasteiger partial charge in [0.15, 0.2) is 0 Å². The highest BCUT2D eigenvalue weighted by atomic mass is 32.2. The molecular formula is C25H28N2O5S. The Labute approximate surface area is 195 Å². The highest BCUT2D eigenvalue weighted by Gasteiger charge is 2.26. The summed E-state index contributed by atoms with van der Waals surface area (Å²) in [6.45, 7) is 1.57. The van der Waals surface area contributed by atoms with Crippen LogP contribution >= 0.6 is 0 Å². The SMILES string of the molecule is COc1ccc(N(CC(=O)NC(c2ccccc2)c2cccc(C)c2)S(C)(=O)=O)c(OC)c1. The van der Waals surface area contributed by atoms with Crippen molar-refractivity contribution in [3.8, 4) is 11.5 Å². The summed E-state index contributed by atoms with van der Waals surface area (Å²) >= 11 is 0. The number of nitrogens with one attached hydrogen (secondary N) is 1. The van der Waals surface area contributed by atoms with E-state index in [0.29, 0.717) is 5.75 Å². The van der Waals surface area contributed by atoms with Crippen molar-refractivity contribution < 1.29 is 22.7 Å². The smallest absolute Gasteiger partial charge is 0.241 e. The van der Waals surface area contributed by atoms with E-state index in [-0.39, 0.29) is 11.4 Å². The van der Waals surface area contributed by atoms with Gasteiger partial charge in [0.25, 0.3) is 0 Å². The summed E-state index contributed by atoms with van der Waals surface area (Å²) in [5, 5.41) is 3.00. The van der Waals surface area contributed by atoms with Gasteiger partial charge in [-0.2, -0.15) is 0 Å². The number of nitrogens with zero attached hydrogens (tertiary/aromatic N) is 1. The molecule has 1 atom stereocenters. The highest BCUT2D eigenvalue weighted by molar-refractivity contribution is 7.92. The topological polar surface area (TPSA) is 84.9 Å². The van der Waals surface area contributed by atoms with E-state index in [4.69, 9.17) is 9.47 Å². The molecule has 0 heterocycles. The molecule has 33 heavy (non-hydrogen) atoms. The molecule has 0 aromatic heterocycles. The van der Waals surface area contributed by atoms with E-state index < -0.39 is 28.5 Å². The first-order valence-electron chi connectivity index (χ1n) is 10.3. The molecule has 1 unspecified atom stereocenters. The van der Waals surface area contributed by atoms with Crippen LogP contribution in [0, 0.1) is 6.92 Å². The third kappa shape index (κ3) is 6.04. The molecule has 0 aliphatic heterocycles. The number of ether oxygens (including phenoxy) is 2. The minimum Gasteiger partial charge on any atom is -0.497 e. The number of aryl methyl sites for hydroxylation is 1. The molecule has 0 saturated carbocycles. The molecule has 174 valence electrons. The van der Waals surface area contributed by atoms with E-state index in [0.717, 1.165) is 27.3 Å². The number of carbonyl (C=O) groups excluding carboxylic acids is 1. The number of hydrogen-bond donors (Lipinski definition) is 1. The third-order valence-electron chi connectivity index (χ3n) is 5.16. The van der Waals surface area contributed by atoms with Gasteiger partial charge in [0.2, 0.25) is 15.9 Å². The lowest BCUT2D eigenvalue weighted by Gasteiger charge is -2.26. The van der Waals surface area contributed by atoms with Gasteiger partial charge in [0.05, 0.1) is 32.2 Å². The Morgan fingerprint density at radius 2 is 1.64 bits per heavy atom. The number of methoxy groups -OCH3 is 2. The molecule has 0 aliphatic carbocycles. The van der Waals surface area contributed by atoms with Gasteiger partial charge in [-0.3, -0.25) is 9.10 Å². The van der Waals surface area contributed by atoms with Crippen molar-refractivity contribution in [2.24, 2.45) is 0 Å². The largest absolute Gasteiger partial charge is 0.497 e. The average molecular weight is 469 g/mol. The lowest BCUT2D eigenvalue weighted by Crippen LogP contribution is -2.42. The molecule has 8 heteroatoms. The molecule has 0 radical (unpaired) electrons. The van der Waals surface area contributed by atoms with Crippen LogP contribution in [0.4, 0.5) is 5.69 Å². The van der Waals surface area contributed by atoms with Gasteiger partial charge in [0.1, 0.15) is 18.0 Å². The quantitative estimate of drug-likeness (QED) is 0.518. The molecule has 0 bridgehead atoms. The second kappa shape index (κ2) is 10.4. The second-order valence-corrected chi connectivity index (χ2v) is 9.54. The Hall–Kier alpha value is -3.52. The van der Waals surface area contributed by atoms with Crippen LogP contribution in [-0.2, 0) is 14.8 Å². The number of anilines is 1. The maximum atomic E-state index is 13.2. The van der Waals surface area contributed by atoms with E-state index in [2.05, 4.69) is 5.32 Å². The van der Waals surface area contributed by atoms with Crippen molar-refractivity contribution in [1.29, 1.82) is 0 Å². The standard InChI is InChI=1S/C25H28N2O5S/c1-18-9-8-12-20(15-18)25(19-10-6-5-7-11-19)26-24(28)17-27(33(4,29)30)22-14-13-21(31-2)16-23(22)32-3/h5-16,25H,17H2,1-4H3,(H,26,28). The Morgan fingerprint density at radius 3 is 2.24 bits per heavy atom. The van der Waals surface area contributed by atoms with Gasteiger partial charge in [0, 0.05) is 6.07 Å². The van der Waals surface area contributed by atoms with Crippen molar-refractivity contribution in [2.75, 3.05) is 31.3 Å². The normalized spacial score (nSPS) is 12.0. The van der Waals surface area contributed by atoms with Crippen molar-refractivity contribution >= 4 is 21.6 Å². The molecule has 0 spiro atoms. The van der Waals surface area contributed by atoms with Gasteiger partial charge in [-0.05, 0) is 30.2 Å². The number of sulfonamides is 1. The zero-order valence-corrected chi connectivity index (χ0v) is 19.9. The fourth-order valence-corrected chi connectivity index (χ4v) is 4.42. The first-order valence-corrected chi connectivity index (χ1v) is 12.2. The predicted octanol–water partition coefficient (Wildman–Crippen LogP) is 3.68. The zero-order valence-electron chi connectivity index (χ0n) is 19.1. The van der Waals surface area contributed by atoms with Crippen LogP contribution in [0.1, 0.15) is 22.7 Å². The Kier molecular flexibility index (Phi) is 7.60. The lowest BCUT2D eigenvalue weighted by molar-refractivity contribution is -0.120. The average Bonchev–Trinajstić information content (AvgIpc) is 2.80. The summed E-state index contributed by atoms with van der Waals surface area (Å²) in [6.07, 6.45) is 1.05. The first-order chi connectivity index (χ1) is 15.7. The maximum absolute atomic E-state index is 13.2. The lowest BCUT2D eigenvalue weighted by atomic mass is 9.97. The van der Waals surface area contributed by atoms with Crippen molar-refractivity contribution in [1.82, 2.24) is 5.32 Å². The van der Waals surface area contributed by atoms with Crippen LogP contribution < -0.4 is 19.1 Å². The fourth-order valence-electron chi connectivity index (χ4n) is 3.56. The van der Waals surface area contributed by atoms with E-state index >= 15 is 0 Å². The number of carbonyl (C=O) groups is 1. The highest BCUT2D eigenvalue weighted by Crippen LogP contribution is 2.33. The van der Waals surface area contributed by atoms with Gasteiger partial charge in [-0.25, -0.2) is 8.42 Å². The minimum atomic E-state index is -3.79. The van der Waals surface area contributed by atoms with Crippen LogP contribution in [0.2, 0.25) is 0 Å². The second-order valence-electron chi connectivity index (χ2n) is 7.63. The van der Waals surface area contributed by atoms with Crippen molar-refractivity contribution in [2.45, 2.75) is 13.0 Å². The van der Waals surface area contributed by atoms with Gasteiger partial charge in [-0.15, -0.1) is 0 Å². The summed E-state index contributed by atoms with van der Waals surface area (Å²) < 4.78 is 36.8. The monoisotopic (exact) mass is 468 g/mol. The van der Waals surface area contributed by atoms with Crippen LogP contribution in [-0.4, -0.2) is 41.3 Å². The van der Waals surface area contributed by atoms with Crippen LogP contribution in [0.3, 0.4) is 0 Å². The van der Waals surface area contributed by atoms with E-state index in [1.807, 2.05) is 61.5 Å². The predicted molar refractivity (Wildman–Crippen MR) is 129 cm³/mol. The summed E-state index contributed by atoms with van der Waals surface area (Å²) in [5.74, 6) is 0.344. The van der Waals surface area contributed by atoms with Crippen LogP contribution in [0.25, 0.3) is 0 Å².